The van der Waals surface area contributed by atoms with Gasteiger partial charge in [0.05, 0.1) is 21.6 Å². The van der Waals surface area contributed by atoms with Crippen molar-refractivity contribution >= 4 is 39.9 Å². The zero-order chi connectivity index (χ0) is 20.1. The van der Waals surface area contributed by atoms with E-state index in [2.05, 4.69) is 10.3 Å². The molecule has 3 rings (SSSR count). The Kier molecular flexibility index (Phi) is 6.05. The number of nitro benzene ring substituents is 1. The Morgan fingerprint density at radius 1 is 1.25 bits per heavy atom. The summed E-state index contributed by atoms with van der Waals surface area (Å²) in [5.74, 6) is -0.312. The van der Waals surface area contributed by atoms with Crippen LogP contribution < -0.4 is 10.9 Å². The summed E-state index contributed by atoms with van der Waals surface area (Å²) in [6.07, 6.45) is 0.757. The second kappa shape index (κ2) is 8.66. The van der Waals surface area contributed by atoms with Crippen LogP contribution in [0, 0.1) is 10.1 Å². The predicted molar refractivity (Wildman–Crippen MR) is 109 cm³/mol. The zero-order valence-corrected chi connectivity index (χ0v) is 15.9. The Bertz CT molecular complexity index is 1100. The molecule has 9 heteroatoms. The molecule has 144 valence electrons. The fraction of sp³-hybridized carbons (Fsp3) is 0.211. The van der Waals surface area contributed by atoms with Gasteiger partial charge in [0.2, 0.25) is 5.91 Å². The molecule has 1 aromatic heterocycles. The van der Waals surface area contributed by atoms with Crippen LogP contribution in [-0.2, 0) is 11.3 Å². The fourth-order valence-electron chi connectivity index (χ4n) is 2.70. The quantitative estimate of drug-likeness (QED) is 0.283. The number of nitro groups is 1. The number of non-ortho nitro benzene ring substituents is 1. The van der Waals surface area contributed by atoms with Crippen molar-refractivity contribution in [2.45, 2.75) is 25.0 Å². The maximum atomic E-state index is 12.7. The Balaban J connectivity index is 1.78. The second-order valence-electron chi connectivity index (χ2n) is 6.01. The van der Waals surface area contributed by atoms with Gasteiger partial charge in [0, 0.05) is 24.4 Å². The number of hydrogen-bond donors (Lipinski definition) is 1. The first-order valence-corrected chi connectivity index (χ1v) is 9.65. The van der Waals surface area contributed by atoms with E-state index in [4.69, 9.17) is 0 Å². The third kappa shape index (κ3) is 4.37. The zero-order valence-electron chi connectivity index (χ0n) is 15.1. The summed E-state index contributed by atoms with van der Waals surface area (Å²) in [5, 5.41) is 14.5. The minimum absolute atomic E-state index is 0.0250. The molecule has 0 saturated heterocycles. The summed E-state index contributed by atoms with van der Waals surface area (Å²) >= 11 is 1.16. The molecule has 0 unspecified atom stereocenters. The van der Waals surface area contributed by atoms with E-state index in [-0.39, 0.29) is 22.9 Å². The van der Waals surface area contributed by atoms with Gasteiger partial charge in [0.25, 0.3) is 11.2 Å². The number of rotatable bonds is 7. The summed E-state index contributed by atoms with van der Waals surface area (Å²) in [6, 6.07) is 12.8. The number of anilines is 1. The van der Waals surface area contributed by atoms with Gasteiger partial charge in [-0.1, -0.05) is 36.9 Å². The van der Waals surface area contributed by atoms with Crippen molar-refractivity contribution in [2.75, 3.05) is 11.1 Å². The first kappa shape index (κ1) is 19.6. The van der Waals surface area contributed by atoms with Crippen molar-refractivity contribution in [1.82, 2.24) is 9.55 Å². The van der Waals surface area contributed by atoms with Crippen LogP contribution in [0.4, 0.5) is 11.4 Å². The second-order valence-corrected chi connectivity index (χ2v) is 6.96. The number of fused-ring (bicyclic) bond motifs is 1. The average Bonchev–Trinajstić information content (AvgIpc) is 2.69. The van der Waals surface area contributed by atoms with E-state index in [0.29, 0.717) is 28.3 Å². The highest BCUT2D eigenvalue weighted by Crippen LogP contribution is 2.20. The van der Waals surface area contributed by atoms with Gasteiger partial charge in [0.1, 0.15) is 0 Å². The normalized spacial score (nSPS) is 10.8. The van der Waals surface area contributed by atoms with E-state index < -0.39 is 4.92 Å². The minimum atomic E-state index is -0.521. The Labute approximate surface area is 164 Å². The van der Waals surface area contributed by atoms with Crippen LogP contribution >= 0.6 is 11.8 Å². The third-order valence-corrected chi connectivity index (χ3v) is 4.92. The van der Waals surface area contributed by atoms with Gasteiger partial charge >= 0.3 is 0 Å². The van der Waals surface area contributed by atoms with E-state index in [1.54, 1.807) is 28.8 Å². The molecule has 0 aliphatic heterocycles. The number of para-hydroxylation sites is 1. The van der Waals surface area contributed by atoms with Gasteiger partial charge in [-0.15, -0.1) is 0 Å². The molecule has 28 heavy (non-hydrogen) atoms. The number of amides is 1. The maximum absolute atomic E-state index is 12.7. The molecule has 0 saturated carbocycles. The number of nitrogens with one attached hydrogen (secondary N) is 1. The lowest BCUT2D eigenvalue weighted by atomic mass is 10.2. The summed E-state index contributed by atoms with van der Waals surface area (Å²) in [4.78, 5) is 39.8. The Hall–Kier alpha value is -3.20. The highest BCUT2D eigenvalue weighted by Gasteiger charge is 2.13. The molecule has 2 aromatic carbocycles. The topological polar surface area (TPSA) is 107 Å². The number of benzene rings is 2. The van der Waals surface area contributed by atoms with Gasteiger partial charge in [-0.25, -0.2) is 4.98 Å². The summed E-state index contributed by atoms with van der Waals surface area (Å²) < 4.78 is 1.58. The first-order valence-electron chi connectivity index (χ1n) is 8.66. The Morgan fingerprint density at radius 2 is 2.04 bits per heavy atom. The van der Waals surface area contributed by atoms with E-state index in [1.807, 2.05) is 13.0 Å². The smallest absolute Gasteiger partial charge is 0.271 e. The lowest BCUT2D eigenvalue weighted by Gasteiger charge is -2.12. The van der Waals surface area contributed by atoms with Crippen LogP contribution in [-0.4, -0.2) is 26.1 Å². The van der Waals surface area contributed by atoms with E-state index in [0.717, 1.165) is 18.2 Å². The number of carbonyl (C=O) groups is 1. The van der Waals surface area contributed by atoms with Crippen LogP contribution in [0.1, 0.15) is 13.3 Å². The monoisotopic (exact) mass is 398 g/mol. The van der Waals surface area contributed by atoms with E-state index in [9.17, 15) is 19.7 Å². The average molecular weight is 398 g/mol. The van der Waals surface area contributed by atoms with Gasteiger partial charge in [-0.3, -0.25) is 24.3 Å². The SMILES string of the molecule is CCCn1c(SCC(=O)Nc2cccc([N+](=O)[O-])c2)nc2ccccc2c1=O. The highest BCUT2D eigenvalue weighted by molar-refractivity contribution is 7.99. The molecule has 0 aliphatic carbocycles. The molecule has 0 fully saturated rings. The van der Waals surface area contributed by atoms with Gasteiger partial charge in [-0.2, -0.15) is 0 Å². The standard InChI is InChI=1S/C19H18N4O4S/c1-2-10-22-18(25)15-8-3-4-9-16(15)21-19(22)28-12-17(24)20-13-6-5-7-14(11-13)23(26)27/h3-9,11H,2,10,12H2,1H3,(H,20,24). The number of nitrogens with zero attached hydrogens (tertiary/aromatic N) is 3. The van der Waals surface area contributed by atoms with Crippen LogP contribution in [0.2, 0.25) is 0 Å². The molecule has 0 bridgehead atoms. The minimum Gasteiger partial charge on any atom is -0.325 e. The lowest BCUT2D eigenvalue weighted by molar-refractivity contribution is -0.384. The molecule has 1 N–H and O–H groups in total. The fourth-order valence-corrected chi connectivity index (χ4v) is 3.53. The van der Waals surface area contributed by atoms with Crippen LogP contribution in [0.15, 0.2) is 58.5 Å². The van der Waals surface area contributed by atoms with E-state index >= 15 is 0 Å². The molecule has 0 spiro atoms. The van der Waals surface area contributed by atoms with Crippen molar-refractivity contribution in [1.29, 1.82) is 0 Å². The number of carbonyl (C=O) groups excluding carboxylic acids is 1. The van der Waals surface area contributed by atoms with Gasteiger partial charge in [0.15, 0.2) is 5.16 Å². The molecular formula is C19H18N4O4S. The number of aromatic nitrogens is 2. The van der Waals surface area contributed by atoms with Crippen molar-refractivity contribution in [3.05, 3.63) is 69.0 Å². The van der Waals surface area contributed by atoms with E-state index in [1.165, 1.54) is 18.2 Å². The summed E-state index contributed by atoms with van der Waals surface area (Å²) in [5.41, 5.74) is 0.700. The predicted octanol–water partition coefficient (Wildman–Crippen LogP) is 3.45. The van der Waals surface area contributed by atoms with Crippen molar-refractivity contribution in [2.24, 2.45) is 0 Å². The summed E-state index contributed by atoms with van der Waals surface area (Å²) in [7, 11) is 0. The third-order valence-electron chi connectivity index (χ3n) is 3.95. The number of thioether (sulfide) groups is 1. The lowest BCUT2D eigenvalue weighted by Crippen LogP contribution is -2.24. The molecule has 0 aliphatic rings. The number of hydrogen-bond acceptors (Lipinski definition) is 6. The summed E-state index contributed by atoms with van der Waals surface area (Å²) in [6.45, 7) is 2.47. The molecule has 1 heterocycles. The molecule has 0 atom stereocenters. The molecule has 0 radical (unpaired) electrons. The molecule has 3 aromatic rings. The van der Waals surface area contributed by atoms with Gasteiger partial charge < -0.3 is 5.32 Å². The largest absolute Gasteiger partial charge is 0.325 e. The van der Waals surface area contributed by atoms with Crippen molar-refractivity contribution < 1.29 is 9.72 Å². The van der Waals surface area contributed by atoms with Crippen molar-refractivity contribution in [3.63, 3.8) is 0 Å². The highest BCUT2D eigenvalue weighted by atomic mass is 32.2. The van der Waals surface area contributed by atoms with Crippen LogP contribution in [0.3, 0.4) is 0 Å². The first-order chi connectivity index (χ1) is 13.5. The molecule has 1 amide bonds. The Morgan fingerprint density at radius 3 is 2.79 bits per heavy atom. The molecule has 8 nitrogen and oxygen atoms in total. The van der Waals surface area contributed by atoms with Crippen molar-refractivity contribution in [3.8, 4) is 0 Å². The van der Waals surface area contributed by atoms with Crippen LogP contribution in [0.5, 0.6) is 0 Å². The maximum Gasteiger partial charge on any atom is 0.271 e. The van der Waals surface area contributed by atoms with Crippen LogP contribution in [0.25, 0.3) is 10.9 Å². The molecular weight excluding hydrogens is 380 g/mol. The van der Waals surface area contributed by atoms with Gasteiger partial charge in [-0.05, 0) is 24.6 Å².